The Hall–Kier alpha value is -1.07. The minimum absolute atomic E-state index is 0.0210. The van der Waals surface area contributed by atoms with Crippen molar-refractivity contribution in [1.82, 2.24) is 10.1 Å². The minimum atomic E-state index is 0.0210. The molecule has 15 heavy (non-hydrogen) atoms. The van der Waals surface area contributed by atoms with Gasteiger partial charge in [0.25, 0.3) is 0 Å². The molecule has 1 aromatic carbocycles. The fraction of sp³-hybridized carbons (Fsp3) is 0.111. The summed E-state index contributed by atoms with van der Waals surface area (Å²) in [5.74, 6) is 1.19. The molecule has 6 heteroatoms. The van der Waals surface area contributed by atoms with Crippen molar-refractivity contribution >= 4 is 27.5 Å². The van der Waals surface area contributed by atoms with Gasteiger partial charge >= 0.3 is 5.35 Å². The van der Waals surface area contributed by atoms with E-state index < -0.39 is 0 Å². The van der Waals surface area contributed by atoms with E-state index in [1.165, 1.54) is 0 Å². The molecule has 0 atom stereocenters. The molecule has 4 nitrogen and oxygen atoms in total. The summed E-state index contributed by atoms with van der Waals surface area (Å²) in [6, 6.07) is 5.45. The van der Waals surface area contributed by atoms with Gasteiger partial charge in [0.2, 0.25) is 5.82 Å². The Labute approximate surface area is 99.3 Å². The van der Waals surface area contributed by atoms with Gasteiger partial charge in [0.05, 0.1) is 7.11 Å². The summed E-state index contributed by atoms with van der Waals surface area (Å²) < 4.78 is 10.6. The third-order valence-electron chi connectivity index (χ3n) is 1.82. The second kappa shape index (κ2) is 4.20. The van der Waals surface area contributed by atoms with Crippen LogP contribution in [0, 0.1) is 0 Å². The van der Waals surface area contributed by atoms with Crippen LogP contribution in [0.1, 0.15) is 0 Å². The standard InChI is InChI=1S/C9H6BrClN2O2/c1-14-5-2-3-6(7(10)4-5)8-12-9(11)15-13-8/h2-4H,1H3. The maximum atomic E-state index is 5.54. The van der Waals surface area contributed by atoms with E-state index in [4.69, 9.17) is 16.3 Å². The summed E-state index contributed by atoms with van der Waals surface area (Å²) in [6.07, 6.45) is 0. The van der Waals surface area contributed by atoms with Gasteiger partial charge in [-0.3, -0.25) is 0 Å². The van der Waals surface area contributed by atoms with Crippen molar-refractivity contribution in [3.05, 3.63) is 28.0 Å². The molecule has 2 aromatic rings. The highest BCUT2D eigenvalue weighted by Crippen LogP contribution is 2.30. The normalized spacial score (nSPS) is 10.3. The highest BCUT2D eigenvalue weighted by Gasteiger charge is 2.10. The molecular weight excluding hydrogens is 283 g/mol. The van der Waals surface area contributed by atoms with Crippen LogP contribution in [0.3, 0.4) is 0 Å². The molecule has 1 aromatic heterocycles. The minimum Gasteiger partial charge on any atom is -0.497 e. The van der Waals surface area contributed by atoms with Crippen molar-refractivity contribution in [2.75, 3.05) is 7.11 Å². The Kier molecular flexibility index (Phi) is 2.93. The maximum absolute atomic E-state index is 5.54. The van der Waals surface area contributed by atoms with E-state index in [9.17, 15) is 0 Å². The van der Waals surface area contributed by atoms with Crippen molar-refractivity contribution in [2.24, 2.45) is 0 Å². The van der Waals surface area contributed by atoms with Crippen molar-refractivity contribution in [1.29, 1.82) is 0 Å². The summed E-state index contributed by atoms with van der Waals surface area (Å²) in [5.41, 5.74) is 0.798. The first-order chi connectivity index (χ1) is 7.20. The quantitative estimate of drug-likeness (QED) is 0.852. The summed E-state index contributed by atoms with van der Waals surface area (Å²) in [6.45, 7) is 0. The maximum Gasteiger partial charge on any atom is 0.320 e. The smallest absolute Gasteiger partial charge is 0.320 e. The summed E-state index contributed by atoms with van der Waals surface area (Å²) in [5, 5.41) is 3.73. The summed E-state index contributed by atoms with van der Waals surface area (Å²) in [4.78, 5) is 3.91. The zero-order valence-electron chi connectivity index (χ0n) is 7.70. The number of halogens is 2. The fourth-order valence-electron chi connectivity index (χ4n) is 1.12. The largest absolute Gasteiger partial charge is 0.497 e. The SMILES string of the molecule is COc1ccc(-c2noc(Cl)n2)c(Br)c1. The van der Waals surface area contributed by atoms with E-state index in [2.05, 4.69) is 30.6 Å². The molecule has 0 saturated carbocycles. The van der Waals surface area contributed by atoms with Gasteiger partial charge in [-0.15, -0.1) is 0 Å². The van der Waals surface area contributed by atoms with Gasteiger partial charge in [-0.2, -0.15) is 4.98 Å². The highest BCUT2D eigenvalue weighted by molar-refractivity contribution is 9.10. The lowest BCUT2D eigenvalue weighted by atomic mass is 10.2. The summed E-state index contributed by atoms with van der Waals surface area (Å²) >= 11 is 8.93. The number of methoxy groups -OCH3 is 1. The molecule has 0 radical (unpaired) electrons. The number of aromatic nitrogens is 2. The lowest BCUT2D eigenvalue weighted by Gasteiger charge is -2.02. The van der Waals surface area contributed by atoms with E-state index in [1.807, 2.05) is 18.2 Å². The number of hydrogen-bond acceptors (Lipinski definition) is 4. The molecule has 1 heterocycles. The molecule has 0 aliphatic carbocycles. The number of ether oxygens (including phenoxy) is 1. The zero-order chi connectivity index (χ0) is 10.8. The first-order valence-electron chi connectivity index (χ1n) is 4.04. The van der Waals surface area contributed by atoms with Gasteiger partial charge in [-0.25, -0.2) is 0 Å². The van der Waals surface area contributed by atoms with Crippen LogP contribution in [0.5, 0.6) is 5.75 Å². The van der Waals surface area contributed by atoms with Crippen LogP contribution in [-0.2, 0) is 0 Å². The van der Waals surface area contributed by atoms with Gasteiger partial charge in [0.1, 0.15) is 5.75 Å². The predicted octanol–water partition coefficient (Wildman–Crippen LogP) is 3.16. The van der Waals surface area contributed by atoms with Gasteiger partial charge in [-0.05, 0) is 45.7 Å². The lowest BCUT2D eigenvalue weighted by Crippen LogP contribution is -1.86. The van der Waals surface area contributed by atoms with Crippen LogP contribution in [-0.4, -0.2) is 17.3 Å². The first-order valence-corrected chi connectivity index (χ1v) is 5.21. The zero-order valence-corrected chi connectivity index (χ0v) is 10.0. The Morgan fingerprint density at radius 1 is 1.47 bits per heavy atom. The van der Waals surface area contributed by atoms with E-state index >= 15 is 0 Å². The Morgan fingerprint density at radius 3 is 2.80 bits per heavy atom. The van der Waals surface area contributed by atoms with Crippen molar-refractivity contribution in [3.63, 3.8) is 0 Å². The van der Waals surface area contributed by atoms with Crippen LogP contribution in [0.25, 0.3) is 11.4 Å². The van der Waals surface area contributed by atoms with E-state index in [-0.39, 0.29) is 5.35 Å². The number of benzene rings is 1. The summed E-state index contributed by atoms with van der Waals surface area (Å²) in [7, 11) is 1.60. The Balaban J connectivity index is 2.45. The number of nitrogens with zero attached hydrogens (tertiary/aromatic N) is 2. The van der Waals surface area contributed by atoms with Crippen molar-refractivity contribution in [3.8, 4) is 17.1 Å². The predicted molar refractivity (Wildman–Crippen MR) is 59.0 cm³/mol. The Bertz CT molecular complexity index is 487. The molecule has 0 aliphatic rings. The fourth-order valence-corrected chi connectivity index (χ4v) is 1.77. The number of rotatable bonds is 2. The molecular formula is C9H6BrClN2O2. The molecule has 0 fully saturated rings. The van der Waals surface area contributed by atoms with Gasteiger partial charge in [0, 0.05) is 10.0 Å². The van der Waals surface area contributed by atoms with Crippen LogP contribution < -0.4 is 4.74 Å². The molecule has 0 saturated heterocycles. The molecule has 0 unspecified atom stereocenters. The molecule has 2 rings (SSSR count). The van der Waals surface area contributed by atoms with E-state index in [0.717, 1.165) is 15.8 Å². The average molecular weight is 290 g/mol. The highest BCUT2D eigenvalue weighted by atomic mass is 79.9. The number of hydrogen-bond donors (Lipinski definition) is 0. The first kappa shape index (κ1) is 10.4. The van der Waals surface area contributed by atoms with Gasteiger partial charge in [0.15, 0.2) is 0 Å². The van der Waals surface area contributed by atoms with E-state index in [1.54, 1.807) is 7.11 Å². The molecule has 78 valence electrons. The van der Waals surface area contributed by atoms with Crippen molar-refractivity contribution in [2.45, 2.75) is 0 Å². The molecule has 0 N–H and O–H groups in total. The van der Waals surface area contributed by atoms with Gasteiger partial charge in [-0.1, -0.05) is 5.16 Å². The average Bonchev–Trinajstić information content (AvgIpc) is 2.64. The third kappa shape index (κ3) is 2.13. The second-order valence-electron chi connectivity index (χ2n) is 2.72. The topological polar surface area (TPSA) is 48.2 Å². The van der Waals surface area contributed by atoms with Crippen LogP contribution in [0.15, 0.2) is 27.2 Å². The Morgan fingerprint density at radius 2 is 2.27 bits per heavy atom. The van der Waals surface area contributed by atoms with Crippen LogP contribution >= 0.6 is 27.5 Å². The van der Waals surface area contributed by atoms with Gasteiger partial charge < -0.3 is 9.26 Å². The van der Waals surface area contributed by atoms with Crippen LogP contribution in [0.2, 0.25) is 5.35 Å². The molecule has 0 aliphatic heterocycles. The van der Waals surface area contributed by atoms with Crippen molar-refractivity contribution < 1.29 is 9.26 Å². The molecule has 0 bridgehead atoms. The molecule has 0 spiro atoms. The molecule has 0 amide bonds. The lowest BCUT2D eigenvalue weighted by molar-refractivity contribution is 0.414. The van der Waals surface area contributed by atoms with E-state index in [0.29, 0.717) is 5.82 Å². The third-order valence-corrected chi connectivity index (χ3v) is 2.63. The monoisotopic (exact) mass is 288 g/mol. The second-order valence-corrected chi connectivity index (χ2v) is 3.89. The van der Waals surface area contributed by atoms with Crippen LogP contribution in [0.4, 0.5) is 0 Å².